The number of benzene rings is 3. The van der Waals surface area contributed by atoms with Gasteiger partial charge in [0.1, 0.15) is 5.75 Å². The fourth-order valence-electron chi connectivity index (χ4n) is 2.57. The third kappa shape index (κ3) is 4.03. The molecule has 26 heavy (non-hydrogen) atoms. The highest BCUT2D eigenvalue weighted by Crippen LogP contribution is 2.26. The van der Waals surface area contributed by atoms with E-state index in [-0.39, 0.29) is 5.91 Å². The smallest absolute Gasteiger partial charge is 0.247 e. The summed E-state index contributed by atoms with van der Waals surface area (Å²) in [5, 5.41) is 8.54. The van der Waals surface area contributed by atoms with E-state index in [9.17, 15) is 4.79 Å². The van der Waals surface area contributed by atoms with Crippen molar-refractivity contribution in [3.05, 3.63) is 71.2 Å². The second-order valence-corrected chi connectivity index (χ2v) is 6.19. The standard InChI is InChI=1S/C21H19ClN2O2/c1-3-21(25)24(23-14-15-4-8-18(22)9-5-15)19-10-6-17-13-20(26-2)11-7-16(17)12-19/h4-14H,3H2,1-2H3. The predicted octanol–water partition coefficient (Wildman–Crippen LogP) is 5.28. The fraction of sp³-hybridized carbons (Fsp3) is 0.143. The molecular formula is C21H19ClN2O2. The molecule has 0 spiro atoms. The molecule has 3 aromatic carbocycles. The van der Waals surface area contributed by atoms with Crippen LogP contribution in [0.1, 0.15) is 18.9 Å². The lowest BCUT2D eigenvalue weighted by atomic mass is 10.1. The first-order valence-corrected chi connectivity index (χ1v) is 8.69. The molecule has 132 valence electrons. The van der Waals surface area contributed by atoms with Crippen molar-refractivity contribution in [3.8, 4) is 5.75 Å². The summed E-state index contributed by atoms with van der Waals surface area (Å²) in [6.45, 7) is 1.82. The number of methoxy groups -OCH3 is 1. The second-order valence-electron chi connectivity index (χ2n) is 5.75. The molecule has 4 nitrogen and oxygen atoms in total. The molecule has 0 fully saturated rings. The maximum absolute atomic E-state index is 12.4. The third-order valence-corrected chi connectivity index (χ3v) is 4.26. The molecule has 0 atom stereocenters. The van der Waals surface area contributed by atoms with Crippen molar-refractivity contribution in [1.82, 2.24) is 0 Å². The molecule has 0 aromatic heterocycles. The molecule has 0 saturated carbocycles. The summed E-state index contributed by atoms with van der Waals surface area (Å²) >= 11 is 5.90. The normalized spacial score (nSPS) is 11.0. The van der Waals surface area contributed by atoms with Gasteiger partial charge in [0.05, 0.1) is 19.0 Å². The van der Waals surface area contributed by atoms with Crippen LogP contribution in [-0.2, 0) is 4.79 Å². The number of carbonyl (C=O) groups is 1. The van der Waals surface area contributed by atoms with E-state index in [1.54, 1.807) is 25.5 Å². The first kappa shape index (κ1) is 18.0. The average Bonchev–Trinajstić information content (AvgIpc) is 2.68. The van der Waals surface area contributed by atoms with Gasteiger partial charge < -0.3 is 4.74 Å². The van der Waals surface area contributed by atoms with Crippen LogP contribution in [0.2, 0.25) is 5.02 Å². The Bertz CT molecular complexity index is 952. The van der Waals surface area contributed by atoms with Crippen molar-refractivity contribution in [2.75, 3.05) is 12.1 Å². The van der Waals surface area contributed by atoms with Crippen LogP contribution in [0.4, 0.5) is 5.69 Å². The fourth-order valence-corrected chi connectivity index (χ4v) is 2.69. The summed E-state index contributed by atoms with van der Waals surface area (Å²) in [7, 11) is 1.64. The largest absolute Gasteiger partial charge is 0.497 e. The Hall–Kier alpha value is -2.85. The Morgan fingerprint density at radius 1 is 1.08 bits per heavy atom. The van der Waals surface area contributed by atoms with Crippen molar-refractivity contribution >= 4 is 40.2 Å². The highest BCUT2D eigenvalue weighted by Gasteiger charge is 2.13. The molecule has 0 radical (unpaired) electrons. The number of amides is 1. The number of rotatable bonds is 5. The summed E-state index contributed by atoms with van der Waals surface area (Å²) in [6, 6.07) is 18.9. The minimum atomic E-state index is -0.0805. The number of fused-ring (bicyclic) bond motifs is 1. The number of anilines is 1. The zero-order chi connectivity index (χ0) is 18.5. The molecule has 0 aliphatic rings. The van der Waals surface area contributed by atoms with Gasteiger partial charge in [-0.25, -0.2) is 5.01 Å². The van der Waals surface area contributed by atoms with E-state index in [1.807, 2.05) is 55.5 Å². The van der Waals surface area contributed by atoms with Crippen LogP contribution in [0, 0.1) is 0 Å². The molecule has 1 amide bonds. The lowest BCUT2D eigenvalue weighted by Gasteiger charge is -2.17. The topological polar surface area (TPSA) is 41.9 Å². The first-order chi connectivity index (χ1) is 12.6. The third-order valence-electron chi connectivity index (χ3n) is 4.01. The Kier molecular flexibility index (Phi) is 5.54. The van der Waals surface area contributed by atoms with Gasteiger partial charge in [-0.1, -0.05) is 42.8 Å². The van der Waals surface area contributed by atoms with E-state index in [1.165, 1.54) is 5.01 Å². The molecule has 3 rings (SSSR count). The number of hydrogen-bond donors (Lipinski definition) is 0. The van der Waals surface area contributed by atoms with Crippen LogP contribution < -0.4 is 9.75 Å². The summed E-state index contributed by atoms with van der Waals surface area (Å²) in [4.78, 5) is 12.4. The van der Waals surface area contributed by atoms with Gasteiger partial charge in [-0.05, 0) is 52.7 Å². The summed E-state index contributed by atoms with van der Waals surface area (Å²) in [5.41, 5.74) is 1.59. The lowest BCUT2D eigenvalue weighted by molar-refractivity contribution is -0.118. The molecule has 0 N–H and O–H groups in total. The van der Waals surface area contributed by atoms with E-state index < -0.39 is 0 Å². The number of hydrazone groups is 1. The SMILES string of the molecule is CCC(=O)N(N=Cc1ccc(Cl)cc1)c1ccc2cc(OC)ccc2c1. The Labute approximate surface area is 157 Å². The Morgan fingerprint density at radius 3 is 2.46 bits per heavy atom. The maximum atomic E-state index is 12.4. The number of halogens is 1. The monoisotopic (exact) mass is 366 g/mol. The van der Waals surface area contributed by atoms with Crippen LogP contribution in [0.5, 0.6) is 5.75 Å². The summed E-state index contributed by atoms with van der Waals surface area (Å²) < 4.78 is 5.25. The molecule has 0 saturated heterocycles. The summed E-state index contributed by atoms with van der Waals surface area (Å²) in [5.74, 6) is 0.718. The van der Waals surface area contributed by atoms with Crippen molar-refractivity contribution < 1.29 is 9.53 Å². The molecule has 0 unspecified atom stereocenters. The van der Waals surface area contributed by atoms with Gasteiger partial charge in [0.2, 0.25) is 5.91 Å². The van der Waals surface area contributed by atoms with Crippen LogP contribution in [0.3, 0.4) is 0 Å². The quantitative estimate of drug-likeness (QED) is 0.455. The number of hydrogen-bond acceptors (Lipinski definition) is 3. The Morgan fingerprint density at radius 2 is 1.77 bits per heavy atom. The van der Waals surface area contributed by atoms with Gasteiger partial charge in [-0.2, -0.15) is 5.10 Å². The zero-order valence-electron chi connectivity index (χ0n) is 14.6. The van der Waals surface area contributed by atoms with Gasteiger partial charge >= 0.3 is 0 Å². The molecule has 5 heteroatoms. The molecule has 0 bridgehead atoms. The number of carbonyl (C=O) groups excluding carboxylic acids is 1. The van der Waals surface area contributed by atoms with Gasteiger partial charge in [0, 0.05) is 11.4 Å². The van der Waals surface area contributed by atoms with Crippen LogP contribution >= 0.6 is 11.6 Å². The highest BCUT2D eigenvalue weighted by atomic mass is 35.5. The van der Waals surface area contributed by atoms with Gasteiger partial charge in [-0.3, -0.25) is 4.79 Å². The van der Waals surface area contributed by atoms with Gasteiger partial charge in [-0.15, -0.1) is 0 Å². The number of ether oxygens (including phenoxy) is 1. The predicted molar refractivity (Wildman–Crippen MR) is 107 cm³/mol. The van der Waals surface area contributed by atoms with Crippen LogP contribution in [0.15, 0.2) is 65.8 Å². The van der Waals surface area contributed by atoms with Crippen molar-refractivity contribution in [2.45, 2.75) is 13.3 Å². The molecule has 0 aliphatic carbocycles. The minimum absolute atomic E-state index is 0.0805. The second kappa shape index (κ2) is 8.02. The molecule has 0 aliphatic heterocycles. The van der Waals surface area contributed by atoms with Crippen molar-refractivity contribution in [1.29, 1.82) is 0 Å². The van der Waals surface area contributed by atoms with E-state index in [0.29, 0.717) is 11.4 Å². The minimum Gasteiger partial charge on any atom is -0.497 e. The Balaban J connectivity index is 1.95. The van der Waals surface area contributed by atoms with Crippen molar-refractivity contribution in [2.24, 2.45) is 5.10 Å². The summed E-state index contributed by atoms with van der Waals surface area (Å²) in [6.07, 6.45) is 2.01. The van der Waals surface area contributed by atoms with Crippen LogP contribution in [-0.4, -0.2) is 19.2 Å². The average molecular weight is 367 g/mol. The van der Waals surface area contributed by atoms with E-state index >= 15 is 0 Å². The zero-order valence-corrected chi connectivity index (χ0v) is 15.4. The molecular weight excluding hydrogens is 348 g/mol. The number of nitrogens with zero attached hydrogens (tertiary/aromatic N) is 2. The maximum Gasteiger partial charge on any atom is 0.247 e. The van der Waals surface area contributed by atoms with E-state index in [0.717, 1.165) is 27.8 Å². The molecule has 0 heterocycles. The van der Waals surface area contributed by atoms with Crippen LogP contribution in [0.25, 0.3) is 10.8 Å². The van der Waals surface area contributed by atoms with Crippen molar-refractivity contribution in [3.63, 3.8) is 0 Å². The highest BCUT2D eigenvalue weighted by molar-refractivity contribution is 6.30. The first-order valence-electron chi connectivity index (χ1n) is 8.31. The van der Waals surface area contributed by atoms with E-state index in [2.05, 4.69) is 5.10 Å². The lowest BCUT2D eigenvalue weighted by Crippen LogP contribution is -2.24. The van der Waals surface area contributed by atoms with E-state index in [4.69, 9.17) is 16.3 Å². The molecule has 3 aromatic rings. The van der Waals surface area contributed by atoms with Gasteiger partial charge in [0.15, 0.2) is 0 Å². The van der Waals surface area contributed by atoms with Gasteiger partial charge in [0.25, 0.3) is 0 Å².